The fourth-order valence-electron chi connectivity index (χ4n) is 1.49. The molecule has 2 rings (SSSR count). The minimum Gasteiger partial charge on any atom is -0.278 e. The Balaban J connectivity index is 2.08. The van der Waals surface area contributed by atoms with E-state index in [4.69, 9.17) is 16.9 Å². The zero-order chi connectivity index (χ0) is 16.2. The molecule has 1 N–H and O–H groups in total. The molecular formula is C14H8ClF3N4. The van der Waals surface area contributed by atoms with Crippen LogP contribution in [0.3, 0.4) is 0 Å². The van der Waals surface area contributed by atoms with Crippen LogP contribution >= 0.6 is 11.6 Å². The number of nitriles is 1. The van der Waals surface area contributed by atoms with Crippen molar-refractivity contribution in [1.29, 1.82) is 5.26 Å². The molecule has 0 aliphatic carbocycles. The number of benzene rings is 1. The molecule has 4 nitrogen and oxygen atoms in total. The maximum atomic E-state index is 12.5. The lowest BCUT2D eigenvalue weighted by Gasteiger charge is -2.07. The van der Waals surface area contributed by atoms with E-state index in [0.717, 1.165) is 6.07 Å². The van der Waals surface area contributed by atoms with Crippen molar-refractivity contribution >= 4 is 23.5 Å². The smallest absolute Gasteiger partial charge is 0.278 e. The van der Waals surface area contributed by atoms with Gasteiger partial charge in [0.15, 0.2) is 0 Å². The van der Waals surface area contributed by atoms with Gasteiger partial charge in [0.1, 0.15) is 5.69 Å². The molecule has 2 aromatic rings. The van der Waals surface area contributed by atoms with Crippen LogP contribution in [-0.4, -0.2) is 11.2 Å². The lowest BCUT2D eigenvalue weighted by atomic mass is 10.2. The molecule has 0 radical (unpaired) electrons. The van der Waals surface area contributed by atoms with Crippen LogP contribution < -0.4 is 5.43 Å². The van der Waals surface area contributed by atoms with Crippen molar-refractivity contribution in [1.82, 2.24) is 4.98 Å². The van der Waals surface area contributed by atoms with Crippen LogP contribution in [0, 0.1) is 11.3 Å². The average Bonchev–Trinajstić information content (AvgIpc) is 2.48. The molecule has 1 aromatic heterocycles. The highest BCUT2D eigenvalue weighted by molar-refractivity contribution is 6.32. The first kappa shape index (κ1) is 15.8. The minimum atomic E-state index is -4.49. The summed E-state index contributed by atoms with van der Waals surface area (Å²) >= 11 is 5.74. The molecule has 0 aliphatic heterocycles. The zero-order valence-electron chi connectivity index (χ0n) is 10.9. The Kier molecular flexibility index (Phi) is 4.63. The first-order valence-electron chi connectivity index (χ1n) is 5.92. The Morgan fingerprint density at radius 3 is 2.50 bits per heavy atom. The minimum absolute atomic E-state index is 0.107. The van der Waals surface area contributed by atoms with Crippen LogP contribution in [0.5, 0.6) is 0 Å². The lowest BCUT2D eigenvalue weighted by molar-refractivity contribution is -0.137. The average molecular weight is 325 g/mol. The van der Waals surface area contributed by atoms with E-state index in [1.807, 2.05) is 6.07 Å². The monoisotopic (exact) mass is 324 g/mol. The third-order valence-electron chi connectivity index (χ3n) is 2.59. The first-order valence-corrected chi connectivity index (χ1v) is 6.30. The van der Waals surface area contributed by atoms with Gasteiger partial charge in [-0.2, -0.15) is 23.5 Å². The van der Waals surface area contributed by atoms with E-state index in [1.165, 1.54) is 6.21 Å². The van der Waals surface area contributed by atoms with Crippen LogP contribution in [0.4, 0.5) is 18.9 Å². The highest BCUT2D eigenvalue weighted by Crippen LogP contribution is 2.30. The molecule has 112 valence electrons. The van der Waals surface area contributed by atoms with Crippen LogP contribution in [-0.2, 0) is 6.18 Å². The van der Waals surface area contributed by atoms with Gasteiger partial charge in [-0.15, -0.1) is 0 Å². The van der Waals surface area contributed by atoms with E-state index in [1.54, 1.807) is 24.3 Å². The van der Waals surface area contributed by atoms with Crippen molar-refractivity contribution < 1.29 is 13.2 Å². The van der Waals surface area contributed by atoms with Crippen molar-refractivity contribution in [3.63, 3.8) is 0 Å². The molecule has 1 aromatic carbocycles. The van der Waals surface area contributed by atoms with Gasteiger partial charge in [-0.25, -0.2) is 0 Å². The van der Waals surface area contributed by atoms with Gasteiger partial charge in [-0.1, -0.05) is 11.6 Å². The van der Waals surface area contributed by atoms with Gasteiger partial charge >= 0.3 is 6.18 Å². The Bertz CT molecular complexity index is 733. The summed E-state index contributed by atoms with van der Waals surface area (Å²) in [6.07, 6.45) is -2.59. The summed E-state index contributed by atoms with van der Waals surface area (Å²) in [4.78, 5) is 3.62. The summed E-state index contributed by atoms with van der Waals surface area (Å²) in [5.41, 5.74) is 2.95. The zero-order valence-corrected chi connectivity index (χ0v) is 11.7. The number of hydrogen-bond donors (Lipinski definition) is 1. The molecule has 0 amide bonds. The molecule has 0 atom stereocenters. The third-order valence-corrected chi connectivity index (χ3v) is 2.89. The maximum Gasteiger partial charge on any atom is 0.417 e. The second-order valence-corrected chi connectivity index (χ2v) is 4.56. The van der Waals surface area contributed by atoms with Crippen molar-refractivity contribution in [2.45, 2.75) is 6.18 Å². The third kappa shape index (κ3) is 3.96. The summed E-state index contributed by atoms with van der Waals surface area (Å²) in [6, 6.07) is 9.23. The predicted octanol–water partition coefficient (Wildman–Crippen LogP) is 4.07. The van der Waals surface area contributed by atoms with Gasteiger partial charge in [-0.05, 0) is 30.3 Å². The second kappa shape index (κ2) is 6.45. The number of aromatic nitrogens is 1. The standard InChI is InChI=1S/C14H8ClF3N4/c15-12-5-10(14(16,17)18)7-20-13(12)8-21-22-11-3-1-9(6-19)2-4-11/h1-5,7-8,22H. The fraction of sp³-hybridized carbons (Fsp3) is 0.0714. The van der Waals surface area contributed by atoms with Crippen LogP contribution in [0.25, 0.3) is 0 Å². The van der Waals surface area contributed by atoms with Crippen LogP contribution in [0.2, 0.25) is 5.02 Å². The molecule has 0 spiro atoms. The molecule has 8 heteroatoms. The molecule has 0 saturated heterocycles. The molecule has 0 unspecified atom stereocenters. The van der Waals surface area contributed by atoms with Gasteiger partial charge in [0, 0.05) is 6.20 Å². The second-order valence-electron chi connectivity index (χ2n) is 4.15. The number of nitrogens with one attached hydrogen (secondary N) is 1. The number of halogens is 4. The molecule has 22 heavy (non-hydrogen) atoms. The number of nitrogens with zero attached hydrogens (tertiary/aromatic N) is 3. The Labute approximate surface area is 128 Å². The molecule has 0 aliphatic rings. The maximum absolute atomic E-state index is 12.5. The Morgan fingerprint density at radius 1 is 1.27 bits per heavy atom. The highest BCUT2D eigenvalue weighted by atomic mass is 35.5. The SMILES string of the molecule is N#Cc1ccc(NN=Cc2ncc(C(F)(F)F)cc2Cl)cc1. The first-order chi connectivity index (χ1) is 10.4. The number of rotatable bonds is 3. The molecule has 0 saturated carbocycles. The molecule has 1 heterocycles. The summed E-state index contributed by atoms with van der Waals surface area (Å²) in [7, 11) is 0. The molecule has 0 bridgehead atoms. The van der Waals surface area contributed by atoms with Gasteiger partial charge in [0.25, 0.3) is 0 Å². The highest BCUT2D eigenvalue weighted by Gasteiger charge is 2.31. The Hall–Kier alpha value is -2.59. The number of alkyl halides is 3. The molecular weight excluding hydrogens is 317 g/mol. The van der Waals surface area contributed by atoms with Gasteiger partial charge in [0.05, 0.1) is 34.1 Å². The van der Waals surface area contributed by atoms with Gasteiger partial charge in [-0.3, -0.25) is 10.4 Å². The van der Waals surface area contributed by atoms with Crippen molar-refractivity contribution in [2.24, 2.45) is 5.10 Å². The summed E-state index contributed by atoms with van der Waals surface area (Å²) in [5, 5.41) is 12.3. The quantitative estimate of drug-likeness (QED) is 0.684. The van der Waals surface area contributed by atoms with E-state index in [2.05, 4.69) is 15.5 Å². The number of hydrazone groups is 1. The normalized spacial score (nSPS) is 11.4. The van der Waals surface area contributed by atoms with E-state index in [-0.39, 0.29) is 10.7 Å². The van der Waals surface area contributed by atoms with Gasteiger partial charge in [0.2, 0.25) is 0 Å². The fourth-order valence-corrected chi connectivity index (χ4v) is 1.70. The predicted molar refractivity (Wildman–Crippen MR) is 76.6 cm³/mol. The summed E-state index contributed by atoms with van der Waals surface area (Å²) in [5.74, 6) is 0. The van der Waals surface area contributed by atoms with Crippen molar-refractivity contribution in [3.8, 4) is 6.07 Å². The number of pyridine rings is 1. The largest absolute Gasteiger partial charge is 0.417 e. The van der Waals surface area contributed by atoms with E-state index in [0.29, 0.717) is 17.4 Å². The van der Waals surface area contributed by atoms with Crippen molar-refractivity contribution in [3.05, 3.63) is 58.4 Å². The van der Waals surface area contributed by atoms with E-state index < -0.39 is 11.7 Å². The van der Waals surface area contributed by atoms with E-state index in [9.17, 15) is 13.2 Å². The molecule has 0 fully saturated rings. The lowest BCUT2D eigenvalue weighted by Crippen LogP contribution is -2.06. The van der Waals surface area contributed by atoms with Crippen LogP contribution in [0.15, 0.2) is 41.6 Å². The summed E-state index contributed by atoms with van der Waals surface area (Å²) in [6.45, 7) is 0. The van der Waals surface area contributed by atoms with Gasteiger partial charge < -0.3 is 0 Å². The van der Waals surface area contributed by atoms with Crippen molar-refractivity contribution in [2.75, 3.05) is 5.43 Å². The van der Waals surface area contributed by atoms with E-state index >= 15 is 0 Å². The number of anilines is 1. The van der Waals surface area contributed by atoms with Crippen LogP contribution in [0.1, 0.15) is 16.8 Å². The number of hydrogen-bond acceptors (Lipinski definition) is 4. The summed E-state index contributed by atoms with van der Waals surface area (Å²) < 4.78 is 37.4. The topological polar surface area (TPSA) is 61.1 Å². The Morgan fingerprint density at radius 2 is 1.95 bits per heavy atom.